The number of halogens is 2. The Bertz CT molecular complexity index is 2350. The lowest BCUT2D eigenvalue weighted by Gasteiger charge is -2.29. The first-order chi connectivity index (χ1) is 28.3. The average Bonchev–Trinajstić information content (AvgIpc) is 3.57. The van der Waals surface area contributed by atoms with Crippen molar-refractivity contribution in [3.05, 3.63) is 101 Å². The molecule has 4 aromatic carbocycles. The number of amides is 3. The van der Waals surface area contributed by atoms with Gasteiger partial charge in [0.15, 0.2) is 5.82 Å². The topological polar surface area (TPSA) is 140 Å². The molecule has 1 unspecified atom stereocenters. The number of aryl methyl sites for hydroxylation is 1. The lowest BCUT2D eigenvalue weighted by molar-refractivity contribution is -0.136. The Morgan fingerprint density at radius 3 is 2.45 bits per heavy atom. The fourth-order valence-corrected chi connectivity index (χ4v) is 8.65. The van der Waals surface area contributed by atoms with Gasteiger partial charge in [0.25, 0.3) is 5.91 Å². The molecule has 3 amide bonds. The molecule has 5 aromatic rings. The van der Waals surface area contributed by atoms with Crippen LogP contribution in [0.15, 0.2) is 73.8 Å². The third-order valence-corrected chi connectivity index (χ3v) is 11.5. The summed E-state index contributed by atoms with van der Waals surface area (Å²) in [5.41, 5.74) is 3.68. The number of benzene rings is 4. The van der Waals surface area contributed by atoms with Crippen LogP contribution in [0.5, 0.6) is 5.75 Å². The molecule has 11 nitrogen and oxygen atoms in total. The Hall–Kier alpha value is -5.59. The van der Waals surface area contributed by atoms with Crippen LogP contribution in [-0.4, -0.2) is 76.5 Å². The summed E-state index contributed by atoms with van der Waals surface area (Å²) in [4.78, 5) is 50.6. The highest BCUT2D eigenvalue weighted by atomic mass is 35.5. The predicted molar refractivity (Wildman–Crippen MR) is 228 cm³/mol. The number of phenolic OH excluding ortho intramolecular Hbond substituents is 1. The Morgan fingerprint density at radius 1 is 0.897 bits per heavy atom. The number of piperidine rings is 1. The van der Waals surface area contributed by atoms with Gasteiger partial charge in [0.1, 0.15) is 23.1 Å². The van der Waals surface area contributed by atoms with Gasteiger partial charge < -0.3 is 25.5 Å². The van der Waals surface area contributed by atoms with Gasteiger partial charge in [-0.1, -0.05) is 73.7 Å². The maximum absolute atomic E-state index is 16.7. The second-order valence-electron chi connectivity index (χ2n) is 14.9. The number of unbranched alkanes of at least 4 members (excludes halogenated alkanes) is 5. The highest BCUT2D eigenvalue weighted by Crippen LogP contribution is 2.42. The van der Waals surface area contributed by atoms with Crippen LogP contribution < -0.4 is 20.9 Å². The number of hydrogen-bond donors (Lipinski definition) is 4. The van der Waals surface area contributed by atoms with Crippen LogP contribution in [0.1, 0.15) is 72.9 Å². The van der Waals surface area contributed by atoms with Crippen molar-refractivity contribution in [2.45, 2.75) is 70.4 Å². The number of nitrogens with one attached hydrogen (secondary N) is 3. The number of aromatic nitrogens is 2. The Labute approximate surface area is 342 Å². The second-order valence-corrected chi connectivity index (χ2v) is 15.3. The zero-order valence-electron chi connectivity index (χ0n) is 32.6. The molecule has 8 rings (SSSR count). The van der Waals surface area contributed by atoms with Crippen molar-refractivity contribution in [1.82, 2.24) is 25.5 Å². The number of carbonyl (C=O) groups excluding carboxylic acids is 3. The van der Waals surface area contributed by atoms with E-state index in [1.807, 2.05) is 36.4 Å². The molecule has 4 N–H and O–H groups in total. The van der Waals surface area contributed by atoms with Crippen LogP contribution in [0.2, 0.25) is 5.02 Å². The predicted octanol–water partition coefficient (Wildman–Crippen LogP) is 7.92. The molecule has 4 heterocycles. The average molecular weight is 806 g/mol. The molecule has 1 atom stereocenters. The van der Waals surface area contributed by atoms with Gasteiger partial charge >= 0.3 is 0 Å². The first-order valence-electron chi connectivity index (χ1n) is 20.1. The number of hydrogen-bond acceptors (Lipinski definition) is 9. The van der Waals surface area contributed by atoms with Crippen molar-refractivity contribution < 1.29 is 23.9 Å². The van der Waals surface area contributed by atoms with Crippen LogP contribution in [0.25, 0.3) is 32.8 Å². The minimum absolute atomic E-state index is 0.0259. The summed E-state index contributed by atoms with van der Waals surface area (Å²) in [7, 11) is 0. The molecule has 302 valence electrons. The smallest absolute Gasteiger partial charge is 0.255 e. The number of imide groups is 1. The molecule has 2 saturated heterocycles. The van der Waals surface area contributed by atoms with E-state index < -0.39 is 17.8 Å². The minimum atomic E-state index is -0.609. The third kappa shape index (κ3) is 8.49. The summed E-state index contributed by atoms with van der Waals surface area (Å²) in [5.74, 6) is -0.336. The van der Waals surface area contributed by atoms with Crippen LogP contribution >= 0.6 is 11.6 Å². The van der Waals surface area contributed by atoms with E-state index in [9.17, 15) is 19.5 Å². The molecular weight excluding hydrogens is 757 g/mol. The first-order valence-corrected chi connectivity index (χ1v) is 20.5. The number of anilines is 2. The molecule has 1 aromatic heterocycles. The summed E-state index contributed by atoms with van der Waals surface area (Å²) in [6.45, 7) is 10.0. The minimum Gasteiger partial charge on any atom is -0.508 e. The largest absolute Gasteiger partial charge is 0.508 e. The van der Waals surface area contributed by atoms with E-state index >= 15 is 4.39 Å². The molecule has 0 bridgehead atoms. The number of aromatic hydroxyl groups is 1. The van der Waals surface area contributed by atoms with Gasteiger partial charge in [0, 0.05) is 62.2 Å². The van der Waals surface area contributed by atoms with Crippen molar-refractivity contribution in [2.24, 2.45) is 0 Å². The number of carbonyl (C=O) groups is 3. The summed E-state index contributed by atoms with van der Waals surface area (Å²) in [6, 6.07) is 17.7. The van der Waals surface area contributed by atoms with Gasteiger partial charge in [-0.3, -0.25) is 19.7 Å². The Balaban J connectivity index is 0.00000252. The van der Waals surface area contributed by atoms with E-state index in [4.69, 9.17) is 21.6 Å². The van der Waals surface area contributed by atoms with E-state index in [0.717, 1.165) is 93.0 Å². The van der Waals surface area contributed by atoms with Gasteiger partial charge in [0.2, 0.25) is 17.8 Å². The molecular formula is C45H49ClFN7O4. The van der Waals surface area contributed by atoms with Crippen molar-refractivity contribution in [1.29, 1.82) is 0 Å². The highest BCUT2D eigenvalue weighted by molar-refractivity contribution is 6.35. The highest BCUT2D eigenvalue weighted by Gasteiger charge is 2.39. The molecule has 0 aliphatic carbocycles. The summed E-state index contributed by atoms with van der Waals surface area (Å²) >= 11 is 6.85. The van der Waals surface area contributed by atoms with Gasteiger partial charge in [-0.05, 0) is 77.4 Å². The molecule has 3 aliphatic rings. The van der Waals surface area contributed by atoms with Crippen molar-refractivity contribution in [3.63, 3.8) is 0 Å². The Morgan fingerprint density at radius 2 is 1.66 bits per heavy atom. The SMILES string of the molecule is C=C.O=C1CCC(N2Cc3c(CCCCCCCCNc4nc(N5CCNCC5)c5cc(Cl)c(-c6cc(O)cc7ccccc67)c(F)c5n4)cccc3C2=O)C(=O)N1. The molecule has 58 heavy (non-hydrogen) atoms. The van der Waals surface area contributed by atoms with E-state index in [2.05, 4.69) is 40.1 Å². The molecule has 0 radical (unpaired) electrons. The van der Waals surface area contributed by atoms with Crippen LogP contribution in [0.3, 0.4) is 0 Å². The standard InChI is InChI=1S/C43H45ClFN7O4.C2H4/c44-34-24-32-39(38(45)37(34)31-23-28(53)22-27-11-6-7-13-29(27)31)49-43(50-40(32)51-20-18-46-19-21-51)47-17-8-4-2-1-3-5-10-26-12-9-14-30-33(26)25-52(42(30)56)35-15-16-36(54)48-41(35)55;1-2/h6-7,9,11-14,22-24,35,46,53H,1-5,8,10,15-21,25H2,(H,47,49,50)(H,48,54,55);1-2H2. The van der Waals surface area contributed by atoms with Crippen LogP contribution in [0.4, 0.5) is 16.2 Å². The Kier molecular flexibility index (Phi) is 12.8. The lowest BCUT2D eigenvalue weighted by atomic mass is 9.96. The normalized spacial score (nSPS) is 16.7. The maximum Gasteiger partial charge on any atom is 0.255 e. The zero-order chi connectivity index (χ0) is 40.8. The second kappa shape index (κ2) is 18.3. The number of fused-ring (bicyclic) bond motifs is 3. The third-order valence-electron chi connectivity index (χ3n) is 11.2. The zero-order valence-corrected chi connectivity index (χ0v) is 33.3. The van der Waals surface area contributed by atoms with Crippen molar-refractivity contribution >= 4 is 62.8 Å². The van der Waals surface area contributed by atoms with E-state index in [-0.39, 0.29) is 40.1 Å². The van der Waals surface area contributed by atoms with Gasteiger partial charge in [0.05, 0.1) is 5.02 Å². The quantitative estimate of drug-likeness (QED) is 0.0531. The fraction of sp³-hybridized carbons (Fsp3) is 0.356. The monoisotopic (exact) mass is 805 g/mol. The number of nitrogens with zero attached hydrogens (tertiary/aromatic N) is 4. The van der Waals surface area contributed by atoms with Gasteiger partial charge in [-0.15, -0.1) is 13.2 Å². The van der Waals surface area contributed by atoms with E-state index in [1.165, 1.54) is 0 Å². The fourth-order valence-electron chi connectivity index (χ4n) is 8.36. The van der Waals surface area contributed by atoms with E-state index in [0.29, 0.717) is 47.8 Å². The van der Waals surface area contributed by atoms with Crippen LogP contribution in [0, 0.1) is 5.82 Å². The first kappa shape index (κ1) is 40.6. The van der Waals surface area contributed by atoms with Crippen molar-refractivity contribution in [3.8, 4) is 16.9 Å². The number of phenols is 1. The van der Waals surface area contributed by atoms with Crippen LogP contribution in [-0.2, 0) is 22.6 Å². The van der Waals surface area contributed by atoms with Gasteiger partial charge in [-0.2, -0.15) is 4.98 Å². The van der Waals surface area contributed by atoms with E-state index in [1.54, 1.807) is 23.1 Å². The molecule has 13 heteroatoms. The molecule has 2 fully saturated rings. The lowest BCUT2D eigenvalue weighted by Crippen LogP contribution is -2.52. The molecule has 0 saturated carbocycles. The molecule has 3 aliphatic heterocycles. The number of rotatable bonds is 13. The summed E-state index contributed by atoms with van der Waals surface area (Å²) in [5, 5.41) is 22.0. The summed E-state index contributed by atoms with van der Waals surface area (Å²) in [6.07, 6.45) is 7.57. The summed E-state index contributed by atoms with van der Waals surface area (Å²) < 4.78 is 16.7. The van der Waals surface area contributed by atoms with Gasteiger partial charge in [-0.25, -0.2) is 9.37 Å². The molecule has 0 spiro atoms. The number of piperazine rings is 1. The van der Waals surface area contributed by atoms with Crippen molar-refractivity contribution in [2.75, 3.05) is 42.9 Å². The maximum atomic E-state index is 16.7.